The summed E-state index contributed by atoms with van der Waals surface area (Å²) < 4.78 is 2.26. The summed E-state index contributed by atoms with van der Waals surface area (Å²) in [6.07, 6.45) is 7.32. The number of benzene rings is 1. The minimum absolute atomic E-state index is 0.202. The van der Waals surface area contributed by atoms with Crippen LogP contribution in [0.4, 0.5) is 0 Å². The van der Waals surface area contributed by atoms with E-state index in [0.29, 0.717) is 12.3 Å². The largest absolute Gasteiger partial charge is 0.396 e. The summed E-state index contributed by atoms with van der Waals surface area (Å²) in [5.41, 5.74) is 3.46. The minimum atomic E-state index is 0.202. The van der Waals surface area contributed by atoms with Crippen molar-refractivity contribution < 1.29 is 5.11 Å². The molecule has 1 N–H and O–H groups in total. The van der Waals surface area contributed by atoms with Gasteiger partial charge in [-0.3, -0.25) is 0 Å². The van der Waals surface area contributed by atoms with Crippen molar-refractivity contribution in [3.05, 3.63) is 29.6 Å². The lowest BCUT2D eigenvalue weighted by atomic mass is 9.89. The predicted molar refractivity (Wildman–Crippen MR) is 77.3 cm³/mol. The van der Waals surface area contributed by atoms with E-state index in [0.717, 1.165) is 5.52 Å². The molecule has 0 saturated heterocycles. The molecule has 1 aromatic heterocycles. The van der Waals surface area contributed by atoms with Crippen molar-refractivity contribution in [3.63, 3.8) is 0 Å². The molecule has 1 aliphatic carbocycles. The fraction of sp³-hybridized carbons (Fsp3) is 0.562. The van der Waals surface area contributed by atoms with Gasteiger partial charge in [-0.15, -0.1) is 0 Å². The van der Waals surface area contributed by atoms with Gasteiger partial charge in [-0.25, -0.2) is 4.98 Å². The average molecular weight is 258 g/mol. The Balaban J connectivity index is 1.98. The fourth-order valence-electron chi connectivity index (χ4n) is 3.27. The van der Waals surface area contributed by atoms with E-state index in [2.05, 4.69) is 29.8 Å². The van der Waals surface area contributed by atoms with Crippen LogP contribution in [0.2, 0.25) is 0 Å². The van der Waals surface area contributed by atoms with Gasteiger partial charge in [0.15, 0.2) is 0 Å². The molecule has 2 aromatic rings. The summed E-state index contributed by atoms with van der Waals surface area (Å²) in [5, 5.41) is 9.03. The summed E-state index contributed by atoms with van der Waals surface area (Å²) in [7, 11) is 2.13. The third kappa shape index (κ3) is 2.39. The van der Waals surface area contributed by atoms with Gasteiger partial charge in [-0.1, -0.05) is 25.3 Å². The molecule has 0 atom stereocenters. The van der Waals surface area contributed by atoms with Crippen LogP contribution in [0.1, 0.15) is 49.4 Å². The first-order valence-electron chi connectivity index (χ1n) is 7.35. The Bertz CT molecular complexity index is 567. The maximum Gasteiger partial charge on any atom is 0.112 e. The van der Waals surface area contributed by atoms with Crippen molar-refractivity contribution in [3.8, 4) is 0 Å². The quantitative estimate of drug-likeness (QED) is 0.918. The summed E-state index contributed by atoms with van der Waals surface area (Å²) in [6.45, 7) is 0.202. The van der Waals surface area contributed by atoms with Gasteiger partial charge in [0.05, 0.1) is 11.0 Å². The number of aliphatic hydroxyl groups excluding tert-OH is 1. The maximum atomic E-state index is 9.03. The lowest BCUT2D eigenvalue weighted by Gasteiger charge is -2.20. The number of hydrogen-bond donors (Lipinski definition) is 1. The van der Waals surface area contributed by atoms with Gasteiger partial charge in [0.25, 0.3) is 0 Å². The summed E-state index contributed by atoms with van der Waals surface area (Å²) in [5.74, 6) is 1.88. The number of aryl methyl sites for hydroxylation is 1. The molecule has 1 heterocycles. The van der Waals surface area contributed by atoms with E-state index in [1.807, 2.05) is 0 Å². The number of hydrogen-bond acceptors (Lipinski definition) is 2. The van der Waals surface area contributed by atoms with Gasteiger partial charge in [0, 0.05) is 19.6 Å². The third-order valence-electron chi connectivity index (χ3n) is 4.35. The zero-order valence-electron chi connectivity index (χ0n) is 11.6. The highest BCUT2D eigenvalue weighted by atomic mass is 16.2. The molecule has 0 radical (unpaired) electrons. The van der Waals surface area contributed by atoms with Crippen LogP contribution in [-0.4, -0.2) is 21.3 Å². The predicted octanol–water partition coefficient (Wildman–Crippen LogP) is 3.16. The number of aliphatic hydroxyl groups is 1. The highest BCUT2D eigenvalue weighted by Crippen LogP contribution is 2.33. The smallest absolute Gasteiger partial charge is 0.112 e. The molecule has 1 saturated carbocycles. The number of imidazole rings is 1. The van der Waals surface area contributed by atoms with E-state index in [9.17, 15) is 0 Å². The van der Waals surface area contributed by atoms with Crippen LogP contribution in [0.15, 0.2) is 18.2 Å². The summed E-state index contributed by atoms with van der Waals surface area (Å²) in [6, 6.07) is 6.36. The molecule has 19 heavy (non-hydrogen) atoms. The second kappa shape index (κ2) is 5.33. The Kier molecular flexibility index (Phi) is 3.56. The molecule has 0 amide bonds. The van der Waals surface area contributed by atoms with Crippen molar-refractivity contribution in [1.82, 2.24) is 9.55 Å². The van der Waals surface area contributed by atoms with Gasteiger partial charge in [-0.05, 0) is 37.0 Å². The van der Waals surface area contributed by atoms with Crippen molar-refractivity contribution >= 4 is 11.0 Å². The van der Waals surface area contributed by atoms with Gasteiger partial charge >= 0.3 is 0 Å². The van der Waals surface area contributed by atoms with E-state index < -0.39 is 0 Å². The van der Waals surface area contributed by atoms with Gasteiger partial charge in [-0.2, -0.15) is 0 Å². The number of aromatic nitrogens is 2. The Morgan fingerprint density at radius 1 is 1.26 bits per heavy atom. The zero-order valence-corrected chi connectivity index (χ0v) is 11.6. The normalized spacial score (nSPS) is 17.2. The molecule has 0 unspecified atom stereocenters. The SMILES string of the molecule is Cn1c(C2CCCCC2)nc2cc(CCO)ccc21. The highest BCUT2D eigenvalue weighted by molar-refractivity contribution is 5.77. The molecule has 0 bridgehead atoms. The van der Waals surface area contributed by atoms with Crippen molar-refractivity contribution in [2.24, 2.45) is 7.05 Å². The second-order valence-electron chi connectivity index (χ2n) is 5.66. The van der Waals surface area contributed by atoms with Crippen LogP contribution in [0.25, 0.3) is 11.0 Å². The van der Waals surface area contributed by atoms with Crippen LogP contribution < -0.4 is 0 Å². The Labute approximate surface area is 114 Å². The molecule has 102 valence electrons. The van der Waals surface area contributed by atoms with Crippen LogP contribution in [-0.2, 0) is 13.5 Å². The molecular weight excluding hydrogens is 236 g/mol. The summed E-state index contributed by atoms with van der Waals surface area (Å²) in [4.78, 5) is 4.86. The Morgan fingerprint density at radius 3 is 2.79 bits per heavy atom. The second-order valence-corrected chi connectivity index (χ2v) is 5.66. The molecule has 3 rings (SSSR count). The molecule has 1 aromatic carbocycles. The van der Waals surface area contributed by atoms with E-state index >= 15 is 0 Å². The van der Waals surface area contributed by atoms with E-state index in [1.165, 1.54) is 49.0 Å². The molecule has 0 aliphatic heterocycles. The van der Waals surface area contributed by atoms with Crippen molar-refractivity contribution in [2.45, 2.75) is 44.4 Å². The molecular formula is C16H22N2O. The lowest BCUT2D eigenvalue weighted by Crippen LogP contribution is -2.09. The van der Waals surface area contributed by atoms with E-state index in [-0.39, 0.29) is 6.61 Å². The van der Waals surface area contributed by atoms with Gasteiger partial charge < -0.3 is 9.67 Å². The molecule has 1 aliphatic rings. The highest BCUT2D eigenvalue weighted by Gasteiger charge is 2.21. The van der Waals surface area contributed by atoms with Gasteiger partial charge in [0.1, 0.15) is 5.82 Å². The first-order chi connectivity index (χ1) is 9.29. The first kappa shape index (κ1) is 12.7. The van der Waals surface area contributed by atoms with Crippen LogP contribution in [0, 0.1) is 0 Å². The van der Waals surface area contributed by atoms with Crippen LogP contribution >= 0.6 is 0 Å². The fourth-order valence-corrected chi connectivity index (χ4v) is 3.27. The first-order valence-corrected chi connectivity index (χ1v) is 7.35. The number of fused-ring (bicyclic) bond motifs is 1. The Hall–Kier alpha value is -1.35. The van der Waals surface area contributed by atoms with Crippen LogP contribution in [0.5, 0.6) is 0 Å². The Morgan fingerprint density at radius 2 is 2.05 bits per heavy atom. The zero-order chi connectivity index (χ0) is 13.2. The van der Waals surface area contributed by atoms with Crippen molar-refractivity contribution in [1.29, 1.82) is 0 Å². The third-order valence-corrected chi connectivity index (χ3v) is 4.35. The molecule has 3 nitrogen and oxygen atoms in total. The standard InChI is InChI=1S/C16H22N2O/c1-18-15-8-7-12(9-10-19)11-14(15)17-16(18)13-5-3-2-4-6-13/h7-8,11,13,19H,2-6,9-10H2,1H3. The average Bonchev–Trinajstić information content (AvgIpc) is 2.77. The summed E-state index contributed by atoms with van der Waals surface area (Å²) >= 11 is 0. The lowest BCUT2D eigenvalue weighted by molar-refractivity contribution is 0.299. The number of rotatable bonds is 3. The molecule has 1 fully saturated rings. The number of nitrogens with zero attached hydrogens (tertiary/aromatic N) is 2. The maximum absolute atomic E-state index is 9.03. The van der Waals surface area contributed by atoms with E-state index in [4.69, 9.17) is 10.1 Å². The topological polar surface area (TPSA) is 38.0 Å². The molecule has 3 heteroatoms. The van der Waals surface area contributed by atoms with Crippen LogP contribution in [0.3, 0.4) is 0 Å². The monoisotopic (exact) mass is 258 g/mol. The minimum Gasteiger partial charge on any atom is -0.396 e. The van der Waals surface area contributed by atoms with Crippen molar-refractivity contribution in [2.75, 3.05) is 6.61 Å². The van der Waals surface area contributed by atoms with E-state index in [1.54, 1.807) is 0 Å². The van der Waals surface area contributed by atoms with Gasteiger partial charge in [0.2, 0.25) is 0 Å². The molecule has 0 spiro atoms.